The fourth-order valence-electron chi connectivity index (χ4n) is 11.5. The molecule has 0 bridgehead atoms. The smallest absolute Gasteiger partial charge is 0.345 e. The van der Waals surface area contributed by atoms with Crippen molar-refractivity contribution in [1.82, 2.24) is 64.0 Å². The second-order valence-corrected chi connectivity index (χ2v) is 27.3. The molecule has 0 amide bonds. The molecule has 13 nitrogen and oxygen atoms in total. The fourth-order valence-corrected chi connectivity index (χ4v) is 13.2. The van der Waals surface area contributed by atoms with Gasteiger partial charge in [-0.2, -0.15) is 74.5 Å². The standard InChI is InChI=1S/2C17H7F4N.C17H11N.C16H11P2.C14H15N6.C12H9N4.3Ir/c2*18-10-4-6-12(14(20)8-10)16-2-1-3-17(22-16)13-7-5-11(19)9-15(13)21;1-2-7-14(8-3-1)15-9-6-10-16(13-15)17-11-4-5-12-18-17;1-3-10-17-15(8-1)13-6-5-7-14(12-13)16-9-2-4-11-18-16;1-9-15-11(3)19(17-9)13-6-5-7-14(8-13)20-12(4)16-10(2)18-20;1-4-11(15-8-2-6-13-15)10-12(5-1)16-9-3-7-14-16;;;/h2*1-5,8-9H;1-7,9-12H;1-11H;5-7H,1-4H3;1-9H;;;/q3*-2;3*-1;3*+3/p+2. The Morgan fingerprint density at radius 2 is 0.672 bits per heavy atom. The molecule has 0 N–H and O–H groups in total. The number of aryl methyl sites for hydroxylation is 4. The van der Waals surface area contributed by atoms with E-state index in [1.54, 1.807) is 37.3 Å². The number of rotatable bonds is 12. The van der Waals surface area contributed by atoms with E-state index in [0.29, 0.717) is 24.3 Å². The van der Waals surface area contributed by atoms with Crippen molar-refractivity contribution < 1.29 is 95.4 Å². The molecule has 0 aliphatic heterocycles. The van der Waals surface area contributed by atoms with Gasteiger partial charge in [0, 0.05) is 83.2 Å². The van der Waals surface area contributed by atoms with E-state index < -0.39 is 46.5 Å². The van der Waals surface area contributed by atoms with Gasteiger partial charge in [-0.1, -0.05) is 118 Å². The van der Waals surface area contributed by atoms with E-state index in [2.05, 4.69) is 166 Å². The Bertz CT molecular complexity index is 5690. The summed E-state index contributed by atoms with van der Waals surface area (Å²) >= 11 is 0. The van der Waals surface area contributed by atoms with Crippen LogP contribution < -0.4 is 0 Å². The van der Waals surface area contributed by atoms with Crippen molar-refractivity contribution in [3.63, 3.8) is 0 Å². The van der Waals surface area contributed by atoms with Crippen LogP contribution in [-0.2, 0) is 60.3 Å². The summed E-state index contributed by atoms with van der Waals surface area (Å²) in [5, 5.41) is 19.8. The van der Waals surface area contributed by atoms with Gasteiger partial charge in [-0.3, -0.25) is 49.5 Å². The van der Waals surface area contributed by atoms with Crippen LogP contribution >= 0.6 is 16.4 Å². The Morgan fingerprint density at radius 3 is 1.03 bits per heavy atom. The first-order valence-corrected chi connectivity index (χ1v) is 37.7. The third-order valence-electron chi connectivity index (χ3n) is 16.7. The first-order chi connectivity index (χ1) is 56.4. The molecular weight excluding hydrogens is 2090 g/mol. The Labute approximate surface area is 725 Å². The Balaban J connectivity index is 0.000000150. The summed E-state index contributed by atoms with van der Waals surface area (Å²) < 4.78 is 114. The van der Waals surface area contributed by atoms with Crippen LogP contribution in [0.1, 0.15) is 23.3 Å². The molecule has 18 rings (SSSR count). The minimum absolute atomic E-state index is 0. The van der Waals surface area contributed by atoms with Crippen LogP contribution in [0.2, 0.25) is 0 Å². The van der Waals surface area contributed by atoms with Crippen LogP contribution in [0, 0.1) is 129 Å². The quantitative estimate of drug-likeness (QED) is 0.0865. The van der Waals surface area contributed by atoms with E-state index in [4.69, 9.17) is 0 Å². The Morgan fingerprint density at radius 1 is 0.311 bits per heavy atom. The molecule has 119 heavy (non-hydrogen) atoms. The van der Waals surface area contributed by atoms with Gasteiger partial charge >= 0.3 is 60.3 Å². The average molecular weight is 2150 g/mol. The number of pyridine rings is 3. The molecule has 26 heteroatoms. The zero-order valence-corrected chi connectivity index (χ0v) is 72.2. The normalized spacial score (nSPS) is 10.5. The molecule has 0 spiro atoms. The predicted octanol–water partition coefficient (Wildman–Crippen LogP) is 22.3. The zero-order chi connectivity index (χ0) is 80.9. The van der Waals surface area contributed by atoms with Crippen LogP contribution in [0.25, 0.3) is 112 Å². The van der Waals surface area contributed by atoms with Gasteiger partial charge in [0.15, 0.2) is 0 Å². The molecule has 9 aromatic carbocycles. The first kappa shape index (κ1) is 89.2. The number of hydrogen-bond acceptors (Lipinski definition) is 9. The molecule has 0 aliphatic carbocycles. The Kier molecular flexibility index (Phi) is 32.5. The fraction of sp³-hybridized carbons (Fsp3) is 0.0430. The summed E-state index contributed by atoms with van der Waals surface area (Å²) in [6.45, 7) is 7.59. The van der Waals surface area contributed by atoms with Crippen molar-refractivity contribution in [2.24, 2.45) is 0 Å². The minimum Gasteiger partial charge on any atom is -0.345 e. The van der Waals surface area contributed by atoms with E-state index in [9.17, 15) is 35.1 Å². The summed E-state index contributed by atoms with van der Waals surface area (Å²) in [4.78, 5) is 21.2. The van der Waals surface area contributed by atoms with Crippen LogP contribution in [0.15, 0.2) is 291 Å². The molecular formula is C93H62F8Ir3N13P2+2. The van der Waals surface area contributed by atoms with Gasteiger partial charge in [0.25, 0.3) is 0 Å². The minimum atomic E-state index is -0.826. The molecule has 590 valence electrons. The third-order valence-corrected chi connectivity index (χ3v) is 18.9. The maximum atomic E-state index is 13.8. The van der Waals surface area contributed by atoms with Crippen LogP contribution in [0.3, 0.4) is 0 Å². The number of hydrogen-bond donors (Lipinski definition) is 0. The molecule has 0 fully saturated rings. The maximum Gasteiger partial charge on any atom is 3.00 e. The molecule has 18 aromatic rings. The van der Waals surface area contributed by atoms with Crippen molar-refractivity contribution in [3.8, 4) is 112 Å². The van der Waals surface area contributed by atoms with E-state index in [1.165, 1.54) is 58.1 Å². The van der Waals surface area contributed by atoms with Crippen molar-refractivity contribution >= 4 is 16.4 Å². The van der Waals surface area contributed by atoms with Gasteiger partial charge in [-0.05, 0) is 116 Å². The second-order valence-electron chi connectivity index (χ2n) is 25.0. The van der Waals surface area contributed by atoms with E-state index in [0.717, 1.165) is 109 Å². The molecule has 9 aromatic heterocycles. The van der Waals surface area contributed by atoms with E-state index in [-0.39, 0.29) is 105 Å². The predicted molar refractivity (Wildman–Crippen MR) is 436 cm³/mol. The summed E-state index contributed by atoms with van der Waals surface area (Å²) in [7, 11) is 1.51. The molecule has 0 aliphatic rings. The number of benzene rings is 9. The van der Waals surface area contributed by atoms with Gasteiger partial charge in [0.2, 0.25) is 0 Å². The van der Waals surface area contributed by atoms with Gasteiger partial charge in [0.05, 0.1) is 27.0 Å². The molecule has 0 radical (unpaired) electrons. The van der Waals surface area contributed by atoms with Gasteiger partial charge in [0.1, 0.15) is 34.9 Å². The van der Waals surface area contributed by atoms with Crippen LogP contribution in [0.4, 0.5) is 35.1 Å². The summed E-state index contributed by atoms with van der Waals surface area (Å²) in [6.07, 6.45) is 9.06. The first-order valence-electron chi connectivity index (χ1n) is 35.6. The third kappa shape index (κ3) is 24.0. The van der Waals surface area contributed by atoms with E-state index in [1.807, 2.05) is 149 Å². The van der Waals surface area contributed by atoms with Gasteiger partial charge < -0.3 is 9.97 Å². The van der Waals surface area contributed by atoms with E-state index >= 15 is 0 Å². The molecule has 2 atom stereocenters. The monoisotopic (exact) mass is 2150 g/mol. The van der Waals surface area contributed by atoms with Crippen molar-refractivity contribution in [3.05, 3.63) is 416 Å². The molecule has 0 saturated carbocycles. The van der Waals surface area contributed by atoms with Gasteiger partial charge in [-0.15, -0.1) is 133 Å². The number of nitrogens with zero attached hydrogens (tertiary/aromatic N) is 13. The Hall–Kier alpha value is -12.2. The molecule has 9 heterocycles. The average Bonchev–Trinajstić information content (AvgIpc) is 1.72. The largest absolute Gasteiger partial charge is 3.00 e. The number of aromatic nitrogens is 13. The van der Waals surface area contributed by atoms with Gasteiger partial charge in [-0.25, -0.2) is 24.9 Å². The maximum absolute atomic E-state index is 13.8. The van der Waals surface area contributed by atoms with Crippen molar-refractivity contribution in [2.45, 2.75) is 27.7 Å². The summed E-state index contributed by atoms with van der Waals surface area (Å²) in [5.41, 5.74) is 10.5. The summed E-state index contributed by atoms with van der Waals surface area (Å²) in [5.74, 6) is 1.27. The zero-order valence-electron chi connectivity index (χ0n) is 63.1. The second kappa shape index (κ2) is 43.3. The van der Waals surface area contributed by atoms with Crippen LogP contribution in [0.5, 0.6) is 0 Å². The van der Waals surface area contributed by atoms with Crippen molar-refractivity contribution in [2.75, 3.05) is 0 Å². The molecule has 0 saturated heterocycles. The van der Waals surface area contributed by atoms with Crippen molar-refractivity contribution in [1.29, 1.82) is 0 Å². The number of halogens is 8. The topological polar surface area (TPSA) is 136 Å². The molecule has 2 unspecified atom stereocenters. The summed E-state index contributed by atoms with van der Waals surface area (Å²) in [6, 6.07) is 96.9. The SMILES string of the molecule is Cc1nc(C)n(-c2[c-]c(-n3nc(C)nc3C)ccc2)n1.Fc1c[c-]c(-c2cccc(-c3[c-]cc(F)cc3F)n2)c(F)c1.Fc1c[c-]c(-c2cccc(-c3[c-]cc(F)cc3F)n2)c(F)c1.[Ir+3].[Ir+3].[Ir+3].[c-]1c(-c2cccc[pH+]2)cccc1-c1cccc[pH+]1.[c-]1c(-n2cccn2)cccc1-n1cccn1.[c-]1ccccc1-c1[c-]c(-c2ccccn2)ccc1. The van der Waals surface area contributed by atoms with Crippen LogP contribution in [-0.4, -0.2) is 64.0 Å².